The minimum absolute atomic E-state index is 0.0283. The third kappa shape index (κ3) is 4.69. The minimum atomic E-state index is 0.0283. The fraction of sp³-hybridized carbons (Fsp3) is 0.211. The Morgan fingerprint density at radius 2 is 1.86 bits per heavy atom. The topological polar surface area (TPSA) is 26.3 Å². The van der Waals surface area contributed by atoms with Gasteiger partial charge in [-0.3, -0.25) is 4.79 Å². The zero-order valence-electron chi connectivity index (χ0n) is 12.5. The van der Waals surface area contributed by atoms with Crippen molar-refractivity contribution in [2.45, 2.75) is 13.8 Å². The van der Waals surface area contributed by atoms with Crippen molar-refractivity contribution in [3.8, 4) is 0 Å². The van der Waals surface area contributed by atoms with Gasteiger partial charge in [-0.15, -0.1) is 0 Å². The summed E-state index contributed by atoms with van der Waals surface area (Å²) in [5.74, 6) is 0.0283. The van der Waals surface area contributed by atoms with Gasteiger partial charge in [-0.2, -0.15) is 0 Å². The molecule has 0 aromatic heterocycles. The van der Waals surface area contributed by atoms with Crippen LogP contribution in [0.5, 0.6) is 0 Å². The number of ether oxygens (including phenoxy) is 1. The fourth-order valence-corrected chi connectivity index (χ4v) is 2.17. The van der Waals surface area contributed by atoms with Crippen LogP contribution < -0.4 is 0 Å². The highest BCUT2D eigenvalue weighted by Crippen LogP contribution is 2.11. The summed E-state index contributed by atoms with van der Waals surface area (Å²) in [6.07, 6.45) is 3.91. The summed E-state index contributed by atoms with van der Waals surface area (Å²) in [7, 11) is 0. The van der Waals surface area contributed by atoms with E-state index in [0.717, 1.165) is 22.3 Å². The molecule has 0 aliphatic carbocycles. The Hall–Kier alpha value is -2.19. The Labute approximate surface area is 126 Å². The number of ketones is 1. The van der Waals surface area contributed by atoms with E-state index < -0.39 is 0 Å². The van der Waals surface area contributed by atoms with Crippen LogP contribution in [0.15, 0.2) is 54.6 Å². The highest BCUT2D eigenvalue weighted by molar-refractivity contribution is 5.98. The molecular weight excluding hydrogens is 260 g/mol. The van der Waals surface area contributed by atoms with E-state index >= 15 is 0 Å². The largest absolute Gasteiger partial charge is 0.369 e. The standard InChI is InChI=1S/C19H20O2/c1-15-10-11-18(16(2)13-15)19(20)14-21-12-6-9-17-7-4-3-5-8-17/h3-11,13H,12,14H2,1-2H3. The summed E-state index contributed by atoms with van der Waals surface area (Å²) in [6, 6.07) is 15.9. The molecule has 0 heterocycles. The summed E-state index contributed by atoms with van der Waals surface area (Å²) < 4.78 is 5.42. The van der Waals surface area contributed by atoms with E-state index in [9.17, 15) is 4.79 Å². The zero-order chi connectivity index (χ0) is 15.1. The molecule has 0 radical (unpaired) electrons. The summed E-state index contributed by atoms with van der Waals surface area (Å²) in [5, 5.41) is 0. The number of carbonyl (C=O) groups excluding carboxylic acids is 1. The van der Waals surface area contributed by atoms with Crippen molar-refractivity contribution in [3.63, 3.8) is 0 Å². The van der Waals surface area contributed by atoms with E-state index in [0.29, 0.717) is 6.61 Å². The monoisotopic (exact) mass is 280 g/mol. The summed E-state index contributed by atoms with van der Waals surface area (Å²) in [6.45, 7) is 4.52. The highest BCUT2D eigenvalue weighted by Gasteiger charge is 2.08. The number of carbonyl (C=O) groups is 1. The van der Waals surface area contributed by atoms with E-state index in [-0.39, 0.29) is 12.4 Å². The maximum absolute atomic E-state index is 12.1. The summed E-state index contributed by atoms with van der Waals surface area (Å²) >= 11 is 0. The molecule has 2 nitrogen and oxygen atoms in total. The van der Waals surface area contributed by atoms with Gasteiger partial charge >= 0.3 is 0 Å². The maximum atomic E-state index is 12.1. The minimum Gasteiger partial charge on any atom is -0.369 e. The van der Waals surface area contributed by atoms with Gasteiger partial charge in [-0.1, -0.05) is 66.2 Å². The maximum Gasteiger partial charge on any atom is 0.188 e. The Kier molecular flexibility index (Phi) is 5.47. The van der Waals surface area contributed by atoms with Crippen LogP contribution >= 0.6 is 0 Å². The molecule has 0 bridgehead atoms. The van der Waals surface area contributed by atoms with Crippen molar-refractivity contribution in [1.29, 1.82) is 0 Å². The Balaban J connectivity index is 1.81. The number of Topliss-reactive ketones (excluding diaryl/α,β-unsaturated/α-hetero) is 1. The van der Waals surface area contributed by atoms with Crippen LogP contribution in [0.4, 0.5) is 0 Å². The lowest BCUT2D eigenvalue weighted by molar-refractivity contribution is 0.0806. The summed E-state index contributed by atoms with van der Waals surface area (Å²) in [4.78, 5) is 12.1. The van der Waals surface area contributed by atoms with Gasteiger partial charge in [0.1, 0.15) is 6.61 Å². The van der Waals surface area contributed by atoms with Crippen LogP contribution in [0.25, 0.3) is 6.08 Å². The molecule has 0 saturated heterocycles. The number of hydrogen-bond acceptors (Lipinski definition) is 2. The number of benzene rings is 2. The lowest BCUT2D eigenvalue weighted by Crippen LogP contribution is -2.10. The highest BCUT2D eigenvalue weighted by atomic mass is 16.5. The molecule has 0 unspecified atom stereocenters. The average Bonchev–Trinajstić information content (AvgIpc) is 2.47. The van der Waals surface area contributed by atoms with E-state index in [4.69, 9.17) is 4.74 Å². The molecule has 0 N–H and O–H groups in total. The van der Waals surface area contributed by atoms with E-state index in [2.05, 4.69) is 0 Å². The Bertz CT molecular complexity index is 627. The van der Waals surface area contributed by atoms with Crippen molar-refractivity contribution in [2.24, 2.45) is 0 Å². The first-order chi connectivity index (χ1) is 10.2. The van der Waals surface area contributed by atoms with Crippen molar-refractivity contribution in [1.82, 2.24) is 0 Å². The molecule has 2 rings (SSSR count). The van der Waals surface area contributed by atoms with Gasteiger partial charge in [0.15, 0.2) is 5.78 Å². The fourth-order valence-electron chi connectivity index (χ4n) is 2.17. The van der Waals surface area contributed by atoms with Gasteiger partial charge in [-0.25, -0.2) is 0 Å². The van der Waals surface area contributed by atoms with Crippen LogP contribution in [0.3, 0.4) is 0 Å². The molecule has 0 aliphatic heterocycles. The lowest BCUT2D eigenvalue weighted by atomic mass is 10.0. The second-order valence-corrected chi connectivity index (χ2v) is 5.07. The van der Waals surface area contributed by atoms with Crippen LogP contribution in [-0.2, 0) is 4.74 Å². The summed E-state index contributed by atoms with van der Waals surface area (Å²) in [5.41, 5.74) is 4.04. The smallest absolute Gasteiger partial charge is 0.188 e. The molecule has 0 atom stereocenters. The van der Waals surface area contributed by atoms with Gasteiger partial charge in [0.05, 0.1) is 6.61 Å². The normalized spacial score (nSPS) is 11.0. The average molecular weight is 280 g/mol. The molecular formula is C19H20O2. The van der Waals surface area contributed by atoms with Crippen LogP contribution in [-0.4, -0.2) is 19.0 Å². The second-order valence-electron chi connectivity index (χ2n) is 5.07. The molecule has 108 valence electrons. The van der Waals surface area contributed by atoms with Gasteiger partial charge in [0.2, 0.25) is 0 Å². The van der Waals surface area contributed by atoms with Gasteiger partial charge in [0, 0.05) is 5.56 Å². The first-order valence-electron chi connectivity index (χ1n) is 7.06. The molecule has 2 heteroatoms. The molecule has 0 spiro atoms. The third-order valence-corrected chi connectivity index (χ3v) is 3.24. The quantitative estimate of drug-likeness (QED) is 0.585. The molecule has 21 heavy (non-hydrogen) atoms. The molecule has 0 saturated carbocycles. The second kappa shape index (κ2) is 7.55. The molecule has 0 fully saturated rings. The van der Waals surface area contributed by atoms with Gasteiger partial charge < -0.3 is 4.74 Å². The molecule has 0 amide bonds. The number of rotatable bonds is 6. The number of hydrogen-bond donors (Lipinski definition) is 0. The van der Waals surface area contributed by atoms with E-state index in [1.807, 2.05) is 74.5 Å². The number of aryl methyl sites for hydroxylation is 2. The van der Waals surface area contributed by atoms with E-state index in [1.165, 1.54) is 0 Å². The Morgan fingerprint density at radius 3 is 2.57 bits per heavy atom. The van der Waals surface area contributed by atoms with Crippen LogP contribution in [0, 0.1) is 13.8 Å². The van der Waals surface area contributed by atoms with Crippen LogP contribution in [0.2, 0.25) is 0 Å². The lowest BCUT2D eigenvalue weighted by Gasteiger charge is -2.06. The van der Waals surface area contributed by atoms with Crippen molar-refractivity contribution >= 4 is 11.9 Å². The molecule has 0 aliphatic rings. The van der Waals surface area contributed by atoms with Crippen molar-refractivity contribution < 1.29 is 9.53 Å². The first-order valence-corrected chi connectivity index (χ1v) is 7.06. The zero-order valence-corrected chi connectivity index (χ0v) is 12.5. The Morgan fingerprint density at radius 1 is 1.10 bits per heavy atom. The van der Waals surface area contributed by atoms with Crippen LogP contribution in [0.1, 0.15) is 27.0 Å². The van der Waals surface area contributed by atoms with E-state index in [1.54, 1.807) is 0 Å². The van der Waals surface area contributed by atoms with Crippen molar-refractivity contribution in [3.05, 3.63) is 76.9 Å². The molecule has 2 aromatic carbocycles. The first kappa shape index (κ1) is 15.2. The molecule has 2 aromatic rings. The third-order valence-electron chi connectivity index (χ3n) is 3.24. The van der Waals surface area contributed by atoms with Gasteiger partial charge in [-0.05, 0) is 25.0 Å². The van der Waals surface area contributed by atoms with Gasteiger partial charge in [0.25, 0.3) is 0 Å². The predicted octanol–water partition coefficient (Wildman–Crippen LogP) is 4.22. The van der Waals surface area contributed by atoms with Crippen molar-refractivity contribution in [2.75, 3.05) is 13.2 Å². The predicted molar refractivity (Wildman–Crippen MR) is 86.5 cm³/mol. The SMILES string of the molecule is Cc1ccc(C(=O)COCC=Cc2ccccc2)c(C)c1.